The lowest BCUT2D eigenvalue weighted by atomic mass is 9.85. The number of fused-ring (bicyclic) bond motifs is 4. The molecule has 1 unspecified atom stereocenters. The summed E-state index contributed by atoms with van der Waals surface area (Å²) in [5.74, 6) is 1.06. The third kappa shape index (κ3) is 1.97. The summed E-state index contributed by atoms with van der Waals surface area (Å²) in [7, 11) is 0. The van der Waals surface area contributed by atoms with Crippen molar-refractivity contribution in [2.75, 3.05) is 6.54 Å². The van der Waals surface area contributed by atoms with Gasteiger partial charge in [-0.2, -0.15) is 5.10 Å². The van der Waals surface area contributed by atoms with Crippen LogP contribution in [0.1, 0.15) is 24.3 Å². The van der Waals surface area contributed by atoms with E-state index in [1.165, 1.54) is 16.3 Å². The molecule has 0 bridgehead atoms. The second-order valence-corrected chi connectivity index (χ2v) is 5.88. The van der Waals surface area contributed by atoms with Crippen LogP contribution in [-0.4, -0.2) is 21.3 Å². The Morgan fingerprint density at radius 2 is 2.05 bits per heavy atom. The molecule has 2 heterocycles. The van der Waals surface area contributed by atoms with E-state index in [9.17, 15) is 4.79 Å². The Morgan fingerprint density at radius 3 is 2.82 bits per heavy atom. The lowest BCUT2D eigenvalue weighted by molar-refractivity contribution is 0.495. The lowest BCUT2D eigenvalue weighted by Gasteiger charge is -2.26. The zero-order chi connectivity index (χ0) is 15.1. The smallest absolute Gasteiger partial charge is 0.330 e. The first kappa shape index (κ1) is 13.3. The normalized spacial score (nSPS) is 16.5. The molecular weight excluding hydrogens is 276 g/mol. The molecule has 1 aliphatic heterocycles. The molecule has 0 saturated heterocycles. The first-order chi connectivity index (χ1) is 10.8. The quantitative estimate of drug-likeness (QED) is 0.777. The Balaban J connectivity index is 1.95. The van der Waals surface area contributed by atoms with Crippen LogP contribution in [0.5, 0.6) is 0 Å². The number of rotatable bonds is 3. The molecule has 0 aliphatic carbocycles. The highest BCUT2D eigenvalue weighted by Crippen LogP contribution is 2.38. The molecule has 0 saturated carbocycles. The maximum atomic E-state index is 12.0. The number of nitrogens with one attached hydrogen (secondary N) is 1. The van der Waals surface area contributed by atoms with Gasteiger partial charge in [0.2, 0.25) is 0 Å². The largest absolute Gasteiger partial charge is 0.343 e. The van der Waals surface area contributed by atoms with Crippen molar-refractivity contribution < 1.29 is 0 Å². The fourth-order valence-electron chi connectivity index (χ4n) is 3.41. The summed E-state index contributed by atoms with van der Waals surface area (Å²) < 4.78 is 1.75. The summed E-state index contributed by atoms with van der Waals surface area (Å²) in [5, 5.41) is 9.19. The van der Waals surface area contributed by atoms with Gasteiger partial charge in [0.15, 0.2) is 5.82 Å². The van der Waals surface area contributed by atoms with Crippen LogP contribution in [0.2, 0.25) is 0 Å². The minimum Gasteiger partial charge on any atom is -0.330 e. The van der Waals surface area contributed by atoms with Crippen molar-refractivity contribution in [2.24, 2.45) is 5.73 Å². The van der Waals surface area contributed by atoms with Gasteiger partial charge in [-0.25, -0.2) is 9.89 Å². The Labute approximate surface area is 127 Å². The van der Waals surface area contributed by atoms with E-state index >= 15 is 0 Å². The molecule has 112 valence electrons. The summed E-state index contributed by atoms with van der Waals surface area (Å²) >= 11 is 0. The van der Waals surface area contributed by atoms with Crippen LogP contribution >= 0.6 is 0 Å². The molecule has 0 fully saturated rings. The van der Waals surface area contributed by atoms with Gasteiger partial charge in [-0.05, 0) is 41.8 Å². The minimum atomic E-state index is -0.133. The van der Waals surface area contributed by atoms with E-state index in [1.54, 1.807) is 4.57 Å². The average molecular weight is 294 g/mol. The van der Waals surface area contributed by atoms with Crippen LogP contribution in [0.3, 0.4) is 0 Å². The number of nitrogens with zero attached hydrogens (tertiary/aromatic N) is 2. The van der Waals surface area contributed by atoms with E-state index in [2.05, 4.69) is 40.5 Å². The van der Waals surface area contributed by atoms with Gasteiger partial charge in [-0.3, -0.25) is 4.57 Å². The second-order valence-electron chi connectivity index (χ2n) is 5.88. The van der Waals surface area contributed by atoms with Crippen molar-refractivity contribution in [3.63, 3.8) is 0 Å². The number of H-pyrrole nitrogens is 1. The fraction of sp³-hybridized carbons (Fsp3) is 0.294. The maximum Gasteiger partial charge on any atom is 0.343 e. The molecular formula is C17H18N4O. The molecule has 3 aromatic rings. The zero-order valence-corrected chi connectivity index (χ0v) is 12.2. The molecule has 3 N–H and O–H groups in total. The van der Waals surface area contributed by atoms with Crippen LogP contribution in [0.4, 0.5) is 0 Å². The molecule has 4 rings (SSSR count). The number of aromatic amines is 1. The van der Waals surface area contributed by atoms with Crippen LogP contribution in [0, 0.1) is 0 Å². The molecule has 0 radical (unpaired) electrons. The third-order valence-corrected chi connectivity index (χ3v) is 4.52. The Kier molecular flexibility index (Phi) is 3.08. The highest BCUT2D eigenvalue weighted by molar-refractivity contribution is 5.88. The Bertz CT molecular complexity index is 893. The molecule has 5 nitrogen and oxygen atoms in total. The van der Waals surface area contributed by atoms with E-state index < -0.39 is 0 Å². The van der Waals surface area contributed by atoms with Crippen LogP contribution in [-0.2, 0) is 6.54 Å². The third-order valence-electron chi connectivity index (χ3n) is 4.52. The predicted octanol–water partition coefficient (Wildman–Crippen LogP) is 2.23. The van der Waals surface area contributed by atoms with Crippen molar-refractivity contribution in [2.45, 2.75) is 25.3 Å². The van der Waals surface area contributed by atoms with Crippen LogP contribution < -0.4 is 11.4 Å². The standard InChI is InChI=1S/C17H18N4O/c18-7-3-6-13-10-21-16(19-20-17(21)22)15-9-12-5-2-1-4-11(12)8-14(13)15/h1-2,4-5,8-9,13H,3,6-7,10,18H2,(H,20,22). The monoisotopic (exact) mass is 294 g/mol. The number of aromatic nitrogens is 3. The van der Waals surface area contributed by atoms with Gasteiger partial charge in [0.05, 0.1) is 0 Å². The van der Waals surface area contributed by atoms with Crippen LogP contribution in [0.25, 0.3) is 22.2 Å². The van der Waals surface area contributed by atoms with E-state index in [1.807, 2.05) is 6.07 Å². The molecule has 1 aromatic heterocycles. The molecule has 22 heavy (non-hydrogen) atoms. The summed E-state index contributed by atoms with van der Waals surface area (Å²) in [5.41, 5.74) is 7.88. The van der Waals surface area contributed by atoms with Crippen molar-refractivity contribution in [1.29, 1.82) is 0 Å². The molecule has 0 spiro atoms. The first-order valence-electron chi connectivity index (χ1n) is 7.66. The first-order valence-corrected chi connectivity index (χ1v) is 7.66. The number of hydrogen-bond donors (Lipinski definition) is 2. The number of hydrogen-bond acceptors (Lipinski definition) is 3. The molecule has 1 aliphatic rings. The van der Waals surface area contributed by atoms with Gasteiger partial charge in [0.25, 0.3) is 0 Å². The van der Waals surface area contributed by atoms with Crippen molar-refractivity contribution in [3.05, 3.63) is 52.4 Å². The van der Waals surface area contributed by atoms with Gasteiger partial charge < -0.3 is 5.73 Å². The number of benzene rings is 2. The SMILES string of the molecule is NCCCC1Cn2c(n[nH]c2=O)-c2cc3ccccc3cc21. The Hall–Kier alpha value is -2.40. The zero-order valence-electron chi connectivity index (χ0n) is 12.2. The summed E-state index contributed by atoms with van der Waals surface area (Å²) in [6.07, 6.45) is 1.94. The fourth-order valence-corrected chi connectivity index (χ4v) is 3.41. The van der Waals surface area contributed by atoms with Crippen molar-refractivity contribution in [3.8, 4) is 11.4 Å². The molecule has 1 atom stereocenters. The van der Waals surface area contributed by atoms with Gasteiger partial charge >= 0.3 is 5.69 Å². The van der Waals surface area contributed by atoms with E-state index in [-0.39, 0.29) is 5.69 Å². The van der Waals surface area contributed by atoms with Crippen LogP contribution in [0.15, 0.2) is 41.2 Å². The van der Waals surface area contributed by atoms with E-state index in [4.69, 9.17) is 5.73 Å². The molecule has 0 amide bonds. The lowest BCUT2D eigenvalue weighted by Crippen LogP contribution is -2.25. The minimum absolute atomic E-state index is 0.133. The molecule has 2 aromatic carbocycles. The highest BCUT2D eigenvalue weighted by Gasteiger charge is 2.27. The van der Waals surface area contributed by atoms with E-state index in [0.717, 1.165) is 24.2 Å². The summed E-state index contributed by atoms with van der Waals surface area (Å²) in [6.45, 7) is 1.35. The van der Waals surface area contributed by atoms with Gasteiger partial charge in [0.1, 0.15) is 0 Å². The summed E-state index contributed by atoms with van der Waals surface area (Å²) in [6, 6.07) is 12.7. The van der Waals surface area contributed by atoms with E-state index in [0.29, 0.717) is 19.0 Å². The highest BCUT2D eigenvalue weighted by atomic mass is 16.1. The van der Waals surface area contributed by atoms with Crippen molar-refractivity contribution in [1.82, 2.24) is 14.8 Å². The van der Waals surface area contributed by atoms with Crippen molar-refractivity contribution >= 4 is 10.8 Å². The predicted molar refractivity (Wildman–Crippen MR) is 86.8 cm³/mol. The molecule has 5 heteroatoms. The van der Waals surface area contributed by atoms with Gasteiger partial charge in [0, 0.05) is 18.0 Å². The Morgan fingerprint density at radius 1 is 1.27 bits per heavy atom. The number of nitrogens with two attached hydrogens (primary N) is 1. The summed E-state index contributed by atoms with van der Waals surface area (Å²) in [4.78, 5) is 12.0. The topological polar surface area (TPSA) is 76.7 Å². The maximum absolute atomic E-state index is 12.0. The average Bonchev–Trinajstić information content (AvgIpc) is 2.92. The van der Waals surface area contributed by atoms with Gasteiger partial charge in [-0.1, -0.05) is 30.3 Å². The second kappa shape index (κ2) is 5.10. The van der Waals surface area contributed by atoms with Gasteiger partial charge in [-0.15, -0.1) is 0 Å².